The fourth-order valence-electron chi connectivity index (χ4n) is 2.75. The van der Waals surface area contributed by atoms with E-state index < -0.39 is 5.82 Å². The molecule has 0 atom stereocenters. The first-order valence-corrected chi connectivity index (χ1v) is 8.84. The summed E-state index contributed by atoms with van der Waals surface area (Å²) in [4.78, 5) is 35.7. The molecule has 3 aromatic rings. The Bertz CT molecular complexity index is 1090. The SMILES string of the molecule is CNC(=O)c1cnc(NC(C)=O)cc1Nc1cccc(-c2ncc(F)cn2)c1OC. The summed E-state index contributed by atoms with van der Waals surface area (Å²) in [7, 11) is 2.98. The Morgan fingerprint density at radius 2 is 1.80 bits per heavy atom. The molecule has 0 radical (unpaired) electrons. The van der Waals surface area contributed by atoms with E-state index in [1.54, 1.807) is 18.2 Å². The molecule has 0 aliphatic rings. The zero-order valence-electron chi connectivity index (χ0n) is 16.5. The van der Waals surface area contributed by atoms with Crippen molar-refractivity contribution in [2.24, 2.45) is 0 Å². The van der Waals surface area contributed by atoms with Gasteiger partial charge in [0.05, 0.1) is 42.0 Å². The van der Waals surface area contributed by atoms with E-state index in [1.807, 2.05) is 0 Å². The number of methoxy groups -OCH3 is 1. The third-order valence-corrected chi connectivity index (χ3v) is 4.03. The molecule has 30 heavy (non-hydrogen) atoms. The normalized spacial score (nSPS) is 10.3. The zero-order chi connectivity index (χ0) is 21.7. The van der Waals surface area contributed by atoms with Gasteiger partial charge in [-0.25, -0.2) is 19.3 Å². The summed E-state index contributed by atoms with van der Waals surface area (Å²) in [6.45, 7) is 1.36. The van der Waals surface area contributed by atoms with Gasteiger partial charge in [0.15, 0.2) is 17.4 Å². The van der Waals surface area contributed by atoms with Gasteiger partial charge in [-0.3, -0.25) is 9.59 Å². The number of amides is 2. The third kappa shape index (κ3) is 4.49. The predicted octanol–water partition coefficient (Wildman–Crippen LogP) is 2.75. The lowest BCUT2D eigenvalue weighted by Gasteiger charge is -2.17. The Balaban J connectivity index is 2.07. The Hall–Kier alpha value is -4.08. The molecule has 0 aliphatic carbocycles. The summed E-state index contributed by atoms with van der Waals surface area (Å²) in [6.07, 6.45) is 3.48. The van der Waals surface area contributed by atoms with Gasteiger partial charge in [0, 0.05) is 26.2 Å². The molecule has 0 saturated carbocycles. The number of nitrogens with one attached hydrogen (secondary N) is 3. The van der Waals surface area contributed by atoms with Crippen LogP contribution in [0.3, 0.4) is 0 Å². The van der Waals surface area contributed by atoms with Crippen molar-refractivity contribution in [1.82, 2.24) is 20.3 Å². The molecule has 2 heterocycles. The second-order valence-corrected chi connectivity index (χ2v) is 6.11. The van der Waals surface area contributed by atoms with Crippen LogP contribution in [0, 0.1) is 5.82 Å². The highest BCUT2D eigenvalue weighted by Crippen LogP contribution is 2.37. The molecule has 2 amide bonds. The van der Waals surface area contributed by atoms with Gasteiger partial charge in [0.25, 0.3) is 5.91 Å². The Kier molecular flexibility index (Phi) is 6.16. The van der Waals surface area contributed by atoms with Gasteiger partial charge in [0.2, 0.25) is 5.91 Å². The maximum absolute atomic E-state index is 13.2. The highest BCUT2D eigenvalue weighted by molar-refractivity contribution is 6.01. The molecule has 0 bridgehead atoms. The highest BCUT2D eigenvalue weighted by atomic mass is 19.1. The quantitative estimate of drug-likeness (QED) is 0.572. The number of para-hydroxylation sites is 1. The smallest absolute Gasteiger partial charge is 0.254 e. The van der Waals surface area contributed by atoms with Crippen LogP contribution in [0.2, 0.25) is 0 Å². The second kappa shape index (κ2) is 8.95. The summed E-state index contributed by atoms with van der Waals surface area (Å²) < 4.78 is 18.7. The number of carbonyl (C=O) groups is 2. The molecule has 3 rings (SSSR count). The average Bonchev–Trinajstić information content (AvgIpc) is 2.73. The monoisotopic (exact) mass is 410 g/mol. The summed E-state index contributed by atoms with van der Waals surface area (Å²) in [5, 5.41) is 8.26. The molecule has 10 heteroatoms. The molecule has 0 aliphatic heterocycles. The fraction of sp³-hybridized carbons (Fsp3) is 0.150. The minimum Gasteiger partial charge on any atom is -0.494 e. The lowest BCUT2D eigenvalue weighted by atomic mass is 10.1. The molecule has 2 aromatic heterocycles. The van der Waals surface area contributed by atoms with Crippen LogP contribution >= 0.6 is 0 Å². The number of hydrogen-bond acceptors (Lipinski definition) is 7. The van der Waals surface area contributed by atoms with Gasteiger partial charge in [-0.15, -0.1) is 0 Å². The lowest BCUT2D eigenvalue weighted by molar-refractivity contribution is -0.114. The van der Waals surface area contributed by atoms with Crippen LogP contribution in [0.4, 0.5) is 21.6 Å². The fourth-order valence-corrected chi connectivity index (χ4v) is 2.75. The van der Waals surface area contributed by atoms with Crippen LogP contribution in [0.5, 0.6) is 5.75 Å². The van der Waals surface area contributed by atoms with E-state index >= 15 is 0 Å². The van der Waals surface area contributed by atoms with Gasteiger partial charge in [-0.1, -0.05) is 6.07 Å². The van der Waals surface area contributed by atoms with Crippen molar-refractivity contribution in [3.8, 4) is 17.1 Å². The van der Waals surface area contributed by atoms with Gasteiger partial charge in [0.1, 0.15) is 5.82 Å². The van der Waals surface area contributed by atoms with Crippen molar-refractivity contribution in [2.45, 2.75) is 6.92 Å². The number of benzene rings is 1. The maximum atomic E-state index is 13.2. The zero-order valence-corrected chi connectivity index (χ0v) is 16.5. The highest BCUT2D eigenvalue weighted by Gasteiger charge is 2.17. The largest absolute Gasteiger partial charge is 0.494 e. The van der Waals surface area contributed by atoms with Crippen LogP contribution in [0.25, 0.3) is 11.4 Å². The molecule has 0 fully saturated rings. The Labute approximate surface area is 171 Å². The van der Waals surface area contributed by atoms with Crippen molar-refractivity contribution in [3.63, 3.8) is 0 Å². The first-order valence-electron chi connectivity index (χ1n) is 8.84. The van der Waals surface area contributed by atoms with E-state index in [-0.39, 0.29) is 29.0 Å². The van der Waals surface area contributed by atoms with Gasteiger partial charge < -0.3 is 20.7 Å². The van der Waals surface area contributed by atoms with Gasteiger partial charge in [-0.2, -0.15) is 0 Å². The number of halogens is 1. The number of anilines is 3. The summed E-state index contributed by atoms with van der Waals surface area (Å²) in [5.74, 6) is -0.272. The first-order chi connectivity index (χ1) is 14.4. The van der Waals surface area contributed by atoms with E-state index in [1.165, 1.54) is 33.3 Å². The summed E-state index contributed by atoms with van der Waals surface area (Å²) in [6, 6.07) is 6.74. The van der Waals surface area contributed by atoms with E-state index in [9.17, 15) is 14.0 Å². The summed E-state index contributed by atoms with van der Waals surface area (Å²) >= 11 is 0. The number of rotatable bonds is 6. The Morgan fingerprint density at radius 1 is 1.07 bits per heavy atom. The molecule has 9 nitrogen and oxygen atoms in total. The van der Waals surface area contributed by atoms with E-state index in [4.69, 9.17) is 4.74 Å². The predicted molar refractivity (Wildman–Crippen MR) is 109 cm³/mol. The molecule has 1 aromatic carbocycles. The summed E-state index contributed by atoms with van der Waals surface area (Å²) in [5.41, 5.74) is 1.69. The second-order valence-electron chi connectivity index (χ2n) is 6.11. The van der Waals surface area contributed by atoms with Crippen LogP contribution in [0.1, 0.15) is 17.3 Å². The molecule has 0 saturated heterocycles. The number of carbonyl (C=O) groups excluding carboxylic acids is 2. The first kappa shape index (κ1) is 20.6. The molecular formula is C20H19FN6O3. The molecular weight excluding hydrogens is 391 g/mol. The number of aromatic nitrogens is 3. The van der Waals surface area contributed by atoms with E-state index in [0.717, 1.165) is 12.4 Å². The minimum absolute atomic E-state index is 0.261. The lowest BCUT2D eigenvalue weighted by Crippen LogP contribution is -2.20. The number of nitrogens with zero attached hydrogens (tertiary/aromatic N) is 3. The molecule has 0 unspecified atom stereocenters. The minimum atomic E-state index is -0.551. The average molecular weight is 410 g/mol. The van der Waals surface area contributed by atoms with Crippen LogP contribution < -0.4 is 20.7 Å². The van der Waals surface area contributed by atoms with Crippen molar-refractivity contribution < 1.29 is 18.7 Å². The molecule has 0 spiro atoms. The van der Waals surface area contributed by atoms with Gasteiger partial charge >= 0.3 is 0 Å². The van der Waals surface area contributed by atoms with Crippen LogP contribution in [0.15, 0.2) is 42.9 Å². The topological polar surface area (TPSA) is 118 Å². The maximum Gasteiger partial charge on any atom is 0.254 e. The number of ether oxygens (including phenoxy) is 1. The van der Waals surface area contributed by atoms with Crippen molar-refractivity contribution in [3.05, 3.63) is 54.2 Å². The Morgan fingerprint density at radius 3 is 2.43 bits per heavy atom. The number of pyridine rings is 1. The third-order valence-electron chi connectivity index (χ3n) is 4.03. The van der Waals surface area contributed by atoms with E-state index in [2.05, 4.69) is 30.9 Å². The van der Waals surface area contributed by atoms with Gasteiger partial charge in [-0.05, 0) is 12.1 Å². The number of hydrogen-bond donors (Lipinski definition) is 3. The van der Waals surface area contributed by atoms with Crippen molar-refractivity contribution in [1.29, 1.82) is 0 Å². The van der Waals surface area contributed by atoms with Crippen LogP contribution in [-0.2, 0) is 4.79 Å². The van der Waals surface area contributed by atoms with Crippen LogP contribution in [-0.4, -0.2) is 40.9 Å². The van der Waals surface area contributed by atoms with Crippen molar-refractivity contribution >= 4 is 29.0 Å². The van der Waals surface area contributed by atoms with Crippen molar-refractivity contribution in [2.75, 3.05) is 24.8 Å². The molecule has 3 N–H and O–H groups in total. The van der Waals surface area contributed by atoms with E-state index in [0.29, 0.717) is 22.7 Å². The molecule has 154 valence electrons. The standard InChI is InChI=1S/C20H19FN6O3/c1-11(28)26-17-7-16(14(10-23-17)20(29)22-2)27-15-6-4-5-13(18(15)30-3)19-24-8-12(21)9-25-19/h4-10H,1-3H3,(H,22,29)(H2,23,26,27,28).